The molecule has 1 aromatic carbocycles. The molecule has 2 nitrogen and oxygen atoms in total. The molecule has 1 N–H and O–H groups in total. The molecule has 0 aliphatic rings. The van der Waals surface area contributed by atoms with Gasteiger partial charge in [-0.05, 0) is 30.9 Å². The van der Waals surface area contributed by atoms with E-state index in [9.17, 15) is 4.79 Å². The Kier molecular flexibility index (Phi) is 5.73. The van der Waals surface area contributed by atoms with Crippen molar-refractivity contribution in [1.29, 1.82) is 0 Å². The zero-order valence-electron chi connectivity index (χ0n) is 11.3. The SMILES string of the molecule is CS[C@@H](C)C(=O)NCC(C)(C)c1ccc(Br)cc1. The van der Waals surface area contributed by atoms with Gasteiger partial charge in [-0.3, -0.25) is 4.79 Å². The molecule has 100 valence electrons. The Morgan fingerprint density at radius 3 is 2.44 bits per heavy atom. The van der Waals surface area contributed by atoms with Gasteiger partial charge >= 0.3 is 0 Å². The second kappa shape index (κ2) is 6.62. The van der Waals surface area contributed by atoms with Crippen molar-refractivity contribution in [2.75, 3.05) is 12.8 Å². The van der Waals surface area contributed by atoms with E-state index < -0.39 is 0 Å². The van der Waals surface area contributed by atoms with E-state index in [4.69, 9.17) is 0 Å². The number of rotatable bonds is 5. The molecule has 18 heavy (non-hydrogen) atoms. The van der Waals surface area contributed by atoms with Crippen LogP contribution >= 0.6 is 27.7 Å². The van der Waals surface area contributed by atoms with Gasteiger partial charge in [-0.1, -0.05) is 41.9 Å². The van der Waals surface area contributed by atoms with Crippen LogP contribution in [-0.2, 0) is 10.2 Å². The van der Waals surface area contributed by atoms with Crippen LogP contribution in [0.4, 0.5) is 0 Å². The molecule has 0 heterocycles. The van der Waals surface area contributed by atoms with Gasteiger partial charge in [0, 0.05) is 16.4 Å². The van der Waals surface area contributed by atoms with Crippen molar-refractivity contribution >= 4 is 33.6 Å². The highest BCUT2D eigenvalue weighted by Crippen LogP contribution is 2.24. The topological polar surface area (TPSA) is 29.1 Å². The first-order valence-electron chi connectivity index (χ1n) is 5.93. The van der Waals surface area contributed by atoms with Gasteiger partial charge in [-0.2, -0.15) is 11.8 Å². The van der Waals surface area contributed by atoms with E-state index in [1.165, 1.54) is 5.56 Å². The fourth-order valence-electron chi connectivity index (χ4n) is 1.56. The fourth-order valence-corrected chi connectivity index (χ4v) is 2.12. The van der Waals surface area contributed by atoms with Gasteiger partial charge in [0.2, 0.25) is 5.91 Å². The molecule has 1 rings (SSSR count). The van der Waals surface area contributed by atoms with Gasteiger partial charge in [0.15, 0.2) is 0 Å². The second-order valence-corrected chi connectivity index (χ2v) is 7.08. The smallest absolute Gasteiger partial charge is 0.232 e. The Morgan fingerprint density at radius 2 is 1.94 bits per heavy atom. The van der Waals surface area contributed by atoms with Gasteiger partial charge in [0.05, 0.1) is 5.25 Å². The van der Waals surface area contributed by atoms with E-state index in [1.54, 1.807) is 11.8 Å². The van der Waals surface area contributed by atoms with E-state index in [2.05, 4.69) is 47.2 Å². The van der Waals surface area contributed by atoms with Crippen LogP contribution in [0.3, 0.4) is 0 Å². The van der Waals surface area contributed by atoms with Crippen molar-refractivity contribution in [2.45, 2.75) is 31.4 Å². The van der Waals surface area contributed by atoms with Crippen molar-refractivity contribution in [1.82, 2.24) is 5.32 Å². The molecular weight excluding hydrogens is 310 g/mol. The number of nitrogens with one attached hydrogen (secondary N) is 1. The quantitative estimate of drug-likeness (QED) is 0.894. The molecule has 1 atom stereocenters. The molecule has 0 saturated carbocycles. The molecule has 0 aliphatic heterocycles. The molecule has 0 fully saturated rings. The highest BCUT2D eigenvalue weighted by molar-refractivity contribution is 9.10. The first kappa shape index (κ1) is 15.6. The number of thioether (sulfide) groups is 1. The second-order valence-electron chi connectivity index (χ2n) is 4.99. The third-order valence-corrected chi connectivity index (χ3v) is 4.50. The number of halogens is 1. The molecule has 0 aromatic heterocycles. The van der Waals surface area contributed by atoms with Crippen LogP contribution in [0.15, 0.2) is 28.7 Å². The maximum Gasteiger partial charge on any atom is 0.232 e. The van der Waals surface area contributed by atoms with Gasteiger partial charge in [0.1, 0.15) is 0 Å². The molecule has 0 spiro atoms. The third-order valence-electron chi connectivity index (χ3n) is 3.05. The predicted octanol–water partition coefficient (Wildman–Crippen LogP) is 3.59. The van der Waals surface area contributed by atoms with Gasteiger partial charge < -0.3 is 5.32 Å². The Balaban J connectivity index is 2.65. The Morgan fingerprint density at radius 1 is 1.39 bits per heavy atom. The minimum absolute atomic E-state index is 0.00529. The van der Waals surface area contributed by atoms with Crippen LogP contribution in [0.5, 0.6) is 0 Å². The number of hydrogen-bond donors (Lipinski definition) is 1. The monoisotopic (exact) mass is 329 g/mol. The number of carbonyl (C=O) groups excluding carboxylic acids is 1. The third kappa shape index (κ3) is 4.32. The molecule has 0 radical (unpaired) electrons. The summed E-state index contributed by atoms with van der Waals surface area (Å²) >= 11 is 4.99. The summed E-state index contributed by atoms with van der Waals surface area (Å²) in [7, 11) is 0. The van der Waals surface area contributed by atoms with E-state index in [0.29, 0.717) is 6.54 Å². The van der Waals surface area contributed by atoms with Crippen LogP contribution in [0.1, 0.15) is 26.3 Å². The molecule has 0 saturated heterocycles. The standard InChI is InChI=1S/C14H20BrNOS/c1-10(18-4)13(17)16-9-14(2,3)11-5-7-12(15)8-6-11/h5-8,10H,9H2,1-4H3,(H,16,17)/t10-/m0/s1. The lowest BCUT2D eigenvalue weighted by atomic mass is 9.84. The molecule has 1 amide bonds. The Labute approximate surface area is 122 Å². The molecule has 0 aliphatic carbocycles. The first-order valence-corrected chi connectivity index (χ1v) is 8.01. The Hall–Kier alpha value is -0.480. The molecule has 0 unspecified atom stereocenters. The minimum atomic E-state index is -0.0610. The van der Waals surface area contributed by atoms with Crippen molar-refractivity contribution < 1.29 is 4.79 Å². The van der Waals surface area contributed by atoms with Crippen LogP contribution < -0.4 is 5.32 Å². The number of amides is 1. The number of benzene rings is 1. The van der Waals surface area contributed by atoms with E-state index in [1.807, 2.05) is 25.3 Å². The summed E-state index contributed by atoms with van der Waals surface area (Å²) < 4.78 is 1.07. The summed E-state index contributed by atoms with van der Waals surface area (Å²) in [5, 5.41) is 3.02. The van der Waals surface area contributed by atoms with Crippen LogP contribution in [0.2, 0.25) is 0 Å². The van der Waals surface area contributed by atoms with Gasteiger partial charge in [0.25, 0.3) is 0 Å². The average molecular weight is 330 g/mol. The van der Waals surface area contributed by atoms with Crippen LogP contribution in [-0.4, -0.2) is 24.0 Å². The van der Waals surface area contributed by atoms with Crippen LogP contribution in [0.25, 0.3) is 0 Å². The normalized spacial score (nSPS) is 13.2. The van der Waals surface area contributed by atoms with Crippen LogP contribution in [0, 0.1) is 0 Å². The van der Waals surface area contributed by atoms with E-state index >= 15 is 0 Å². The molecule has 4 heteroatoms. The highest BCUT2D eigenvalue weighted by Gasteiger charge is 2.22. The van der Waals surface area contributed by atoms with Crippen molar-refractivity contribution in [3.8, 4) is 0 Å². The van der Waals surface area contributed by atoms with E-state index in [0.717, 1.165) is 4.47 Å². The zero-order chi connectivity index (χ0) is 13.8. The highest BCUT2D eigenvalue weighted by atomic mass is 79.9. The van der Waals surface area contributed by atoms with Gasteiger partial charge in [-0.25, -0.2) is 0 Å². The predicted molar refractivity (Wildman–Crippen MR) is 83.2 cm³/mol. The van der Waals surface area contributed by atoms with Crippen molar-refractivity contribution in [3.63, 3.8) is 0 Å². The molecule has 1 aromatic rings. The minimum Gasteiger partial charge on any atom is -0.354 e. The lowest BCUT2D eigenvalue weighted by Crippen LogP contribution is -2.39. The first-order chi connectivity index (χ1) is 8.36. The summed E-state index contributed by atoms with van der Waals surface area (Å²) in [5.41, 5.74) is 1.16. The summed E-state index contributed by atoms with van der Waals surface area (Å²) in [6.07, 6.45) is 1.95. The van der Waals surface area contributed by atoms with Crippen molar-refractivity contribution in [2.24, 2.45) is 0 Å². The maximum absolute atomic E-state index is 11.8. The fraction of sp³-hybridized carbons (Fsp3) is 0.500. The summed E-state index contributed by atoms with van der Waals surface area (Å²) in [6, 6.07) is 8.25. The summed E-state index contributed by atoms with van der Waals surface area (Å²) in [5.74, 6) is 0.104. The lowest BCUT2D eigenvalue weighted by Gasteiger charge is -2.26. The average Bonchev–Trinajstić information content (AvgIpc) is 2.35. The Bertz CT molecular complexity index is 403. The lowest BCUT2D eigenvalue weighted by molar-refractivity contribution is -0.120. The number of carbonyl (C=O) groups is 1. The maximum atomic E-state index is 11.8. The molecular formula is C14H20BrNOS. The van der Waals surface area contributed by atoms with Gasteiger partial charge in [-0.15, -0.1) is 0 Å². The van der Waals surface area contributed by atoms with Crippen molar-refractivity contribution in [3.05, 3.63) is 34.3 Å². The molecule has 0 bridgehead atoms. The zero-order valence-corrected chi connectivity index (χ0v) is 13.7. The number of hydrogen-bond acceptors (Lipinski definition) is 2. The van der Waals surface area contributed by atoms with E-state index in [-0.39, 0.29) is 16.6 Å². The largest absolute Gasteiger partial charge is 0.354 e. The summed E-state index contributed by atoms with van der Waals surface area (Å²) in [6.45, 7) is 6.85. The summed E-state index contributed by atoms with van der Waals surface area (Å²) in [4.78, 5) is 11.8.